The van der Waals surface area contributed by atoms with Crippen LogP contribution in [0.2, 0.25) is 0 Å². The van der Waals surface area contributed by atoms with Crippen molar-refractivity contribution in [1.29, 1.82) is 0 Å². The van der Waals surface area contributed by atoms with Crippen LogP contribution in [-0.2, 0) is 6.54 Å². The van der Waals surface area contributed by atoms with Crippen LogP contribution >= 0.6 is 0 Å². The summed E-state index contributed by atoms with van der Waals surface area (Å²) >= 11 is 0. The Bertz CT molecular complexity index is 528. The molecule has 0 saturated heterocycles. The van der Waals surface area contributed by atoms with Crippen molar-refractivity contribution in [3.05, 3.63) is 36.0 Å². The molecule has 0 spiro atoms. The molecule has 0 aliphatic heterocycles. The molecule has 21 heavy (non-hydrogen) atoms. The number of aromatic nitrogens is 3. The fourth-order valence-electron chi connectivity index (χ4n) is 1.98. The van der Waals surface area contributed by atoms with Crippen molar-refractivity contribution < 1.29 is 4.42 Å². The van der Waals surface area contributed by atoms with E-state index in [1.54, 1.807) is 6.20 Å². The van der Waals surface area contributed by atoms with Crippen molar-refractivity contribution in [2.45, 2.75) is 39.8 Å². The molecule has 0 bridgehead atoms. The van der Waals surface area contributed by atoms with E-state index in [4.69, 9.17) is 4.42 Å². The van der Waals surface area contributed by atoms with Crippen molar-refractivity contribution in [2.24, 2.45) is 0 Å². The van der Waals surface area contributed by atoms with Gasteiger partial charge in [-0.25, -0.2) is 0 Å². The number of anilines is 1. The first-order valence-corrected chi connectivity index (χ1v) is 7.46. The average molecular weight is 289 g/mol. The fraction of sp³-hybridized carbons (Fsp3) is 0.533. The molecular formula is C15H23N5O. The molecule has 1 unspecified atom stereocenters. The SMILES string of the molecule is CCCNC(C)c1nnc(N(CC)Cc2ccccn2)o1. The molecule has 1 N–H and O–H groups in total. The summed E-state index contributed by atoms with van der Waals surface area (Å²) in [7, 11) is 0. The summed E-state index contributed by atoms with van der Waals surface area (Å²) in [5, 5.41) is 11.6. The van der Waals surface area contributed by atoms with Gasteiger partial charge in [0.1, 0.15) is 0 Å². The number of hydrogen-bond acceptors (Lipinski definition) is 6. The molecule has 2 heterocycles. The van der Waals surface area contributed by atoms with E-state index in [0.29, 0.717) is 18.5 Å². The van der Waals surface area contributed by atoms with Crippen LogP contribution in [0.15, 0.2) is 28.8 Å². The Balaban J connectivity index is 2.04. The Hall–Kier alpha value is -1.95. The number of nitrogens with one attached hydrogen (secondary N) is 1. The predicted molar refractivity (Wildman–Crippen MR) is 82.0 cm³/mol. The number of pyridine rings is 1. The van der Waals surface area contributed by atoms with Gasteiger partial charge in [-0.3, -0.25) is 4.98 Å². The Labute approximate surface area is 125 Å². The highest BCUT2D eigenvalue weighted by Gasteiger charge is 2.17. The molecule has 6 nitrogen and oxygen atoms in total. The van der Waals surface area contributed by atoms with Gasteiger partial charge < -0.3 is 14.6 Å². The summed E-state index contributed by atoms with van der Waals surface area (Å²) in [5.74, 6) is 0.623. The van der Waals surface area contributed by atoms with Gasteiger partial charge in [0.05, 0.1) is 18.3 Å². The van der Waals surface area contributed by atoms with Gasteiger partial charge in [0, 0.05) is 12.7 Å². The van der Waals surface area contributed by atoms with Crippen molar-refractivity contribution in [2.75, 3.05) is 18.0 Å². The third kappa shape index (κ3) is 4.26. The van der Waals surface area contributed by atoms with Gasteiger partial charge in [-0.05, 0) is 38.9 Å². The van der Waals surface area contributed by atoms with Gasteiger partial charge in [0.15, 0.2) is 0 Å². The number of hydrogen-bond donors (Lipinski definition) is 1. The maximum Gasteiger partial charge on any atom is 0.318 e. The summed E-state index contributed by atoms with van der Waals surface area (Å²) in [6.07, 6.45) is 2.87. The van der Waals surface area contributed by atoms with E-state index in [9.17, 15) is 0 Å². The van der Waals surface area contributed by atoms with Crippen molar-refractivity contribution in [1.82, 2.24) is 20.5 Å². The molecular weight excluding hydrogens is 266 g/mol. The van der Waals surface area contributed by atoms with Crippen LogP contribution in [0.25, 0.3) is 0 Å². The quantitative estimate of drug-likeness (QED) is 0.805. The van der Waals surface area contributed by atoms with Gasteiger partial charge in [0.25, 0.3) is 0 Å². The molecule has 2 rings (SSSR count). The average Bonchev–Trinajstić information content (AvgIpc) is 3.01. The highest BCUT2D eigenvalue weighted by Crippen LogP contribution is 2.18. The van der Waals surface area contributed by atoms with Gasteiger partial charge in [-0.2, -0.15) is 0 Å². The van der Waals surface area contributed by atoms with Crippen LogP contribution in [0.3, 0.4) is 0 Å². The fourth-order valence-corrected chi connectivity index (χ4v) is 1.98. The second kappa shape index (κ2) is 7.73. The summed E-state index contributed by atoms with van der Waals surface area (Å²) in [5.41, 5.74) is 0.983. The lowest BCUT2D eigenvalue weighted by Crippen LogP contribution is -2.23. The molecule has 1 atom stereocenters. The third-order valence-electron chi connectivity index (χ3n) is 3.23. The van der Waals surface area contributed by atoms with Crippen LogP contribution in [0.4, 0.5) is 6.01 Å². The number of nitrogens with zero attached hydrogens (tertiary/aromatic N) is 4. The Morgan fingerprint density at radius 2 is 2.14 bits per heavy atom. The van der Waals surface area contributed by atoms with Crippen molar-refractivity contribution in [3.63, 3.8) is 0 Å². The van der Waals surface area contributed by atoms with E-state index < -0.39 is 0 Å². The van der Waals surface area contributed by atoms with E-state index in [2.05, 4.69) is 34.3 Å². The van der Waals surface area contributed by atoms with Crippen LogP contribution in [0, 0.1) is 0 Å². The molecule has 0 aliphatic carbocycles. The Kier molecular flexibility index (Phi) is 5.68. The summed E-state index contributed by atoms with van der Waals surface area (Å²) in [4.78, 5) is 6.35. The molecule has 2 aromatic rings. The van der Waals surface area contributed by atoms with Crippen LogP contribution in [-0.4, -0.2) is 28.3 Å². The van der Waals surface area contributed by atoms with Crippen LogP contribution in [0.1, 0.15) is 44.8 Å². The minimum atomic E-state index is 0.0692. The second-order valence-corrected chi connectivity index (χ2v) is 4.93. The zero-order valence-electron chi connectivity index (χ0n) is 12.9. The van der Waals surface area contributed by atoms with E-state index in [0.717, 1.165) is 25.2 Å². The molecule has 2 aromatic heterocycles. The maximum atomic E-state index is 5.78. The topological polar surface area (TPSA) is 67.1 Å². The molecule has 0 aromatic carbocycles. The van der Waals surface area contributed by atoms with E-state index in [1.165, 1.54) is 0 Å². The van der Waals surface area contributed by atoms with Gasteiger partial charge in [-0.1, -0.05) is 18.1 Å². The Morgan fingerprint density at radius 1 is 1.29 bits per heavy atom. The minimum absolute atomic E-state index is 0.0692. The van der Waals surface area contributed by atoms with Crippen molar-refractivity contribution in [3.8, 4) is 0 Å². The van der Waals surface area contributed by atoms with Gasteiger partial charge in [0.2, 0.25) is 5.89 Å². The van der Waals surface area contributed by atoms with Gasteiger partial charge in [-0.15, -0.1) is 5.10 Å². The lowest BCUT2D eigenvalue weighted by Gasteiger charge is -2.17. The van der Waals surface area contributed by atoms with Crippen LogP contribution < -0.4 is 10.2 Å². The smallest absolute Gasteiger partial charge is 0.318 e. The summed E-state index contributed by atoms with van der Waals surface area (Å²) < 4.78 is 5.78. The molecule has 0 saturated carbocycles. The van der Waals surface area contributed by atoms with E-state index in [-0.39, 0.29) is 6.04 Å². The molecule has 0 fully saturated rings. The van der Waals surface area contributed by atoms with Crippen molar-refractivity contribution >= 4 is 6.01 Å². The monoisotopic (exact) mass is 289 g/mol. The summed E-state index contributed by atoms with van der Waals surface area (Å²) in [6, 6.07) is 6.49. The normalized spacial score (nSPS) is 12.3. The third-order valence-corrected chi connectivity index (χ3v) is 3.23. The standard InChI is InChI=1S/C15H23N5O/c1-4-9-16-12(3)14-18-19-15(21-14)20(5-2)11-13-8-6-7-10-17-13/h6-8,10,12,16H,4-5,9,11H2,1-3H3. The lowest BCUT2D eigenvalue weighted by molar-refractivity contribution is 0.413. The second-order valence-electron chi connectivity index (χ2n) is 4.93. The Morgan fingerprint density at radius 3 is 2.81 bits per heavy atom. The maximum absolute atomic E-state index is 5.78. The molecule has 0 amide bonds. The largest absolute Gasteiger partial charge is 0.406 e. The molecule has 0 radical (unpaired) electrons. The molecule has 6 heteroatoms. The first-order valence-electron chi connectivity index (χ1n) is 7.46. The number of rotatable bonds is 8. The van der Waals surface area contributed by atoms with E-state index in [1.807, 2.05) is 30.0 Å². The van der Waals surface area contributed by atoms with Crippen LogP contribution in [0.5, 0.6) is 0 Å². The minimum Gasteiger partial charge on any atom is -0.406 e. The highest BCUT2D eigenvalue weighted by molar-refractivity contribution is 5.25. The molecule has 0 aliphatic rings. The zero-order valence-corrected chi connectivity index (χ0v) is 12.9. The lowest BCUT2D eigenvalue weighted by atomic mass is 10.3. The zero-order chi connectivity index (χ0) is 15.1. The highest BCUT2D eigenvalue weighted by atomic mass is 16.4. The summed E-state index contributed by atoms with van der Waals surface area (Å²) in [6.45, 7) is 8.60. The first kappa shape index (κ1) is 15.4. The first-order chi connectivity index (χ1) is 10.2. The van der Waals surface area contributed by atoms with Gasteiger partial charge >= 0.3 is 6.01 Å². The van der Waals surface area contributed by atoms with E-state index >= 15 is 0 Å². The predicted octanol–water partition coefficient (Wildman–Crippen LogP) is 2.55. The molecule has 114 valence electrons.